The molecule has 0 aromatic rings. The Hall–Kier alpha value is -4.45. The van der Waals surface area contributed by atoms with Gasteiger partial charge in [-0.3, -0.25) is 14.4 Å². The van der Waals surface area contributed by atoms with E-state index < -0.39 is 12.1 Å². The number of rotatable bonds is 38. The Bertz CT molecular complexity index is 1350. The van der Waals surface area contributed by atoms with Crippen LogP contribution in [0.2, 0.25) is 0 Å². The van der Waals surface area contributed by atoms with Crippen molar-refractivity contribution in [3.8, 4) is 0 Å². The van der Waals surface area contributed by atoms with Gasteiger partial charge in [0.2, 0.25) is 0 Å². The molecule has 0 saturated heterocycles. The maximum Gasteiger partial charge on any atom is 0.306 e. The lowest BCUT2D eigenvalue weighted by molar-refractivity contribution is -0.167. The number of allylic oxidation sites excluding steroid dienone is 22. The molecule has 0 spiro atoms. The SMILES string of the molecule is CC\C=C/C=C\C=C/C=C\C=C/CCCC(=O)OC(COC(=O)CCCC/C=C\C/C=C\CC)COC(=O)CCCCCCCC/C=C\C/C=C\C/C=C\C/C=C\CC. The normalized spacial score (nSPS) is 13.3. The van der Waals surface area contributed by atoms with Crippen LogP contribution < -0.4 is 0 Å². The van der Waals surface area contributed by atoms with E-state index in [1.54, 1.807) is 0 Å². The van der Waals surface area contributed by atoms with Gasteiger partial charge < -0.3 is 14.2 Å². The van der Waals surface area contributed by atoms with Crippen molar-refractivity contribution >= 4 is 17.9 Å². The quantitative estimate of drug-likeness (QED) is 0.0203. The minimum Gasteiger partial charge on any atom is -0.462 e. The van der Waals surface area contributed by atoms with Crippen LogP contribution in [0.25, 0.3) is 0 Å². The summed E-state index contributed by atoms with van der Waals surface area (Å²) >= 11 is 0. The molecule has 6 nitrogen and oxygen atoms in total. The summed E-state index contributed by atoms with van der Waals surface area (Å²) in [6, 6.07) is 0. The molecule has 59 heavy (non-hydrogen) atoms. The summed E-state index contributed by atoms with van der Waals surface area (Å²) in [5, 5.41) is 0. The van der Waals surface area contributed by atoms with Crippen molar-refractivity contribution in [3.05, 3.63) is 134 Å². The lowest BCUT2D eigenvalue weighted by Crippen LogP contribution is -2.30. The maximum atomic E-state index is 12.7. The number of carbonyl (C=O) groups is 3. The van der Waals surface area contributed by atoms with Crippen molar-refractivity contribution in [2.24, 2.45) is 0 Å². The molecule has 0 radical (unpaired) electrons. The fourth-order valence-electron chi connectivity index (χ4n) is 5.44. The van der Waals surface area contributed by atoms with E-state index in [9.17, 15) is 14.4 Å². The molecule has 0 aliphatic rings. The zero-order valence-electron chi connectivity index (χ0n) is 37.2. The van der Waals surface area contributed by atoms with Gasteiger partial charge in [0.25, 0.3) is 0 Å². The van der Waals surface area contributed by atoms with Crippen LogP contribution in [0, 0.1) is 0 Å². The molecule has 6 heteroatoms. The molecule has 0 bridgehead atoms. The van der Waals surface area contributed by atoms with E-state index in [1.807, 2.05) is 54.7 Å². The van der Waals surface area contributed by atoms with Crippen molar-refractivity contribution in [1.29, 1.82) is 0 Å². The summed E-state index contributed by atoms with van der Waals surface area (Å²) in [4.78, 5) is 37.7. The Morgan fingerprint density at radius 2 is 0.712 bits per heavy atom. The van der Waals surface area contributed by atoms with E-state index in [-0.39, 0.29) is 38.0 Å². The van der Waals surface area contributed by atoms with Gasteiger partial charge in [-0.2, -0.15) is 0 Å². The Morgan fingerprint density at radius 3 is 1.22 bits per heavy atom. The Kier molecular flexibility index (Phi) is 42.8. The maximum absolute atomic E-state index is 12.7. The van der Waals surface area contributed by atoms with Crippen LogP contribution in [-0.4, -0.2) is 37.2 Å². The third-order valence-corrected chi connectivity index (χ3v) is 8.76. The van der Waals surface area contributed by atoms with Crippen LogP contribution in [-0.2, 0) is 28.6 Å². The third kappa shape index (κ3) is 44.5. The zero-order chi connectivity index (χ0) is 43.0. The first-order valence-electron chi connectivity index (χ1n) is 22.8. The highest BCUT2D eigenvalue weighted by Crippen LogP contribution is 2.11. The highest BCUT2D eigenvalue weighted by atomic mass is 16.6. The molecule has 0 heterocycles. The molecule has 0 saturated carbocycles. The van der Waals surface area contributed by atoms with Gasteiger partial charge in [-0.1, -0.05) is 180 Å². The van der Waals surface area contributed by atoms with Crippen LogP contribution in [0.4, 0.5) is 0 Å². The van der Waals surface area contributed by atoms with E-state index in [0.717, 1.165) is 96.3 Å². The van der Waals surface area contributed by atoms with Crippen molar-refractivity contribution < 1.29 is 28.6 Å². The Labute approximate surface area is 360 Å². The average molecular weight is 813 g/mol. The van der Waals surface area contributed by atoms with Crippen LogP contribution >= 0.6 is 0 Å². The summed E-state index contributed by atoms with van der Waals surface area (Å²) in [7, 11) is 0. The summed E-state index contributed by atoms with van der Waals surface area (Å²) in [5.74, 6) is -1.07. The highest BCUT2D eigenvalue weighted by molar-refractivity contribution is 5.71. The predicted octanol–water partition coefficient (Wildman–Crippen LogP) is 14.7. The minimum absolute atomic E-state index is 0.130. The Balaban J connectivity index is 4.50. The first-order chi connectivity index (χ1) is 29.0. The van der Waals surface area contributed by atoms with Crippen molar-refractivity contribution in [2.45, 2.75) is 168 Å². The van der Waals surface area contributed by atoms with E-state index in [4.69, 9.17) is 14.2 Å². The number of unbranched alkanes of at least 4 members (excludes halogenated alkanes) is 9. The van der Waals surface area contributed by atoms with E-state index in [2.05, 4.69) is 99.8 Å². The largest absolute Gasteiger partial charge is 0.462 e. The van der Waals surface area contributed by atoms with Crippen LogP contribution in [0.5, 0.6) is 0 Å². The first kappa shape index (κ1) is 54.6. The molecule has 328 valence electrons. The van der Waals surface area contributed by atoms with E-state index in [0.29, 0.717) is 19.3 Å². The topological polar surface area (TPSA) is 78.9 Å². The van der Waals surface area contributed by atoms with Crippen molar-refractivity contribution in [1.82, 2.24) is 0 Å². The molecule has 0 N–H and O–H groups in total. The molecule has 0 amide bonds. The fourth-order valence-corrected chi connectivity index (χ4v) is 5.44. The molecule has 0 aromatic heterocycles. The minimum atomic E-state index is -0.837. The molecule has 0 aromatic carbocycles. The number of esters is 3. The lowest BCUT2D eigenvalue weighted by Gasteiger charge is -2.18. The van der Waals surface area contributed by atoms with Gasteiger partial charge in [-0.25, -0.2) is 0 Å². The molecule has 1 atom stereocenters. The standard InChI is InChI=1S/C53H80O6/c1-4-7-10-13-16-19-21-23-24-25-26-27-28-30-31-34-37-40-43-46-52(55)58-49-50(48-57-51(54)45-42-39-36-33-18-15-12-9-6-3)59-53(56)47-44-41-38-35-32-29-22-20-17-14-11-8-5-2/h7-12,14,16-20,22-24,26-27,29,32-33,35,38,50H,4-6,13,15,21,25,28,30-31,34,36-37,39-49H2,1-3H3/b10-7-,11-8-,12-9-,17-14-,19-16-,22-20-,24-23-,27-26-,32-29-,33-18-,38-35-. The van der Waals surface area contributed by atoms with Gasteiger partial charge in [0.1, 0.15) is 13.2 Å². The highest BCUT2D eigenvalue weighted by Gasteiger charge is 2.19. The fraction of sp³-hybridized carbons (Fsp3) is 0.528. The number of ether oxygens (including phenoxy) is 3. The van der Waals surface area contributed by atoms with Crippen LogP contribution in [0.3, 0.4) is 0 Å². The van der Waals surface area contributed by atoms with Gasteiger partial charge >= 0.3 is 17.9 Å². The van der Waals surface area contributed by atoms with E-state index in [1.165, 1.54) is 12.8 Å². The summed E-state index contributed by atoms with van der Waals surface area (Å²) in [6.45, 7) is 6.10. The van der Waals surface area contributed by atoms with Crippen molar-refractivity contribution in [3.63, 3.8) is 0 Å². The van der Waals surface area contributed by atoms with E-state index >= 15 is 0 Å². The summed E-state index contributed by atoms with van der Waals surface area (Å²) in [5.41, 5.74) is 0. The first-order valence-corrected chi connectivity index (χ1v) is 22.8. The van der Waals surface area contributed by atoms with Crippen molar-refractivity contribution in [2.75, 3.05) is 13.2 Å². The molecular weight excluding hydrogens is 733 g/mol. The smallest absolute Gasteiger partial charge is 0.306 e. The second-order valence-electron chi connectivity index (χ2n) is 14.3. The number of hydrogen-bond acceptors (Lipinski definition) is 6. The predicted molar refractivity (Wildman–Crippen MR) is 251 cm³/mol. The van der Waals surface area contributed by atoms with Crippen LogP contribution in [0.1, 0.15) is 162 Å². The second-order valence-corrected chi connectivity index (χ2v) is 14.3. The lowest BCUT2D eigenvalue weighted by atomic mass is 10.1. The van der Waals surface area contributed by atoms with Gasteiger partial charge in [-0.05, 0) is 96.3 Å². The van der Waals surface area contributed by atoms with Gasteiger partial charge in [0.15, 0.2) is 6.10 Å². The molecule has 1 unspecified atom stereocenters. The average Bonchev–Trinajstić information content (AvgIpc) is 3.23. The third-order valence-electron chi connectivity index (χ3n) is 8.76. The summed E-state index contributed by atoms with van der Waals surface area (Å²) in [6.07, 6.45) is 64.6. The molecule has 0 aliphatic heterocycles. The molecule has 0 rings (SSSR count). The molecule has 0 aliphatic carbocycles. The second kappa shape index (κ2) is 46.2. The number of hydrogen-bond donors (Lipinski definition) is 0. The van der Waals surface area contributed by atoms with Crippen LogP contribution in [0.15, 0.2) is 134 Å². The summed E-state index contributed by atoms with van der Waals surface area (Å²) < 4.78 is 16.6. The monoisotopic (exact) mass is 813 g/mol. The van der Waals surface area contributed by atoms with Gasteiger partial charge in [-0.15, -0.1) is 0 Å². The zero-order valence-corrected chi connectivity index (χ0v) is 37.2. The molecule has 0 fully saturated rings. The Morgan fingerprint density at radius 1 is 0.356 bits per heavy atom. The number of carbonyl (C=O) groups excluding carboxylic acids is 3. The van der Waals surface area contributed by atoms with Gasteiger partial charge in [0.05, 0.1) is 0 Å². The van der Waals surface area contributed by atoms with Gasteiger partial charge in [0, 0.05) is 19.3 Å². The molecular formula is C53H80O6.